The summed E-state index contributed by atoms with van der Waals surface area (Å²) in [5.41, 5.74) is 0.402. The fourth-order valence-electron chi connectivity index (χ4n) is 0.961. The van der Waals surface area contributed by atoms with Crippen LogP contribution >= 0.6 is 0 Å². The molecule has 1 aromatic rings. The number of aryl methyl sites for hydroxylation is 1. The first-order chi connectivity index (χ1) is 6.59. The molecule has 0 aliphatic heterocycles. The van der Waals surface area contributed by atoms with E-state index in [2.05, 4.69) is 10.3 Å². The van der Waals surface area contributed by atoms with E-state index in [1.54, 1.807) is 0 Å². The fourth-order valence-corrected chi connectivity index (χ4v) is 0.961. The lowest BCUT2D eigenvalue weighted by Crippen LogP contribution is -2.12. The van der Waals surface area contributed by atoms with Crippen LogP contribution in [0.4, 0.5) is 0 Å². The van der Waals surface area contributed by atoms with Crippen LogP contribution in [0, 0.1) is 0 Å². The van der Waals surface area contributed by atoms with Gasteiger partial charge in [0.2, 0.25) is 0 Å². The van der Waals surface area contributed by atoms with Gasteiger partial charge < -0.3 is 10.2 Å². The van der Waals surface area contributed by atoms with E-state index < -0.39 is 11.9 Å². The van der Waals surface area contributed by atoms with Gasteiger partial charge in [0, 0.05) is 0 Å². The van der Waals surface area contributed by atoms with Crippen molar-refractivity contribution >= 4 is 11.9 Å². The minimum absolute atomic E-state index is 0.101. The zero-order chi connectivity index (χ0) is 10.6. The van der Waals surface area contributed by atoms with Gasteiger partial charge in [-0.05, 0) is 0 Å². The summed E-state index contributed by atoms with van der Waals surface area (Å²) in [6.45, 7) is 0.137. The molecule has 1 aromatic heterocycles. The Bertz CT molecular complexity index is 346. The highest BCUT2D eigenvalue weighted by molar-refractivity contribution is 5.69. The molecule has 0 fully saturated rings. The van der Waals surface area contributed by atoms with Gasteiger partial charge in [0.1, 0.15) is 0 Å². The highest BCUT2D eigenvalue weighted by Gasteiger charge is 2.08. The van der Waals surface area contributed by atoms with Crippen molar-refractivity contribution in [1.29, 1.82) is 0 Å². The third-order valence-electron chi connectivity index (χ3n) is 1.57. The summed E-state index contributed by atoms with van der Waals surface area (Å²) in [5, 5.41) is 24.0. The Kier molecular flexibility index (Phi) is 3.16. The molecule has 0 aliphatic carbocycles. The number of carboxylic acids is 2. The first-order valence-corrected chi connectivity index (χ1v) is 3.90. The largest absolute Gasteiger partial charge is 0.481 e. The van der Waals surface area contributed by atoms with Gasteiger partial charge in [-0.2, -0.15) is 0 Å². The summed E-state index contributed by atoms with van der Waals surface area (Å²) in [4.78, 5) is 20.6. The van der Waals surface area contributed by atoms with Gasteiger partial charge in [0.25, 0.3) is 0 Å². The summed E-state index contributed by atoms with van der Waals surface area (Å²) in [5.74, 6) is -1.95. The molecule has 14 heavy (non-hydrogen) atoms. The lowest BCUT2D eigenvalue weighted by molar-refractivity contribution is -0.137. The van der Waals surface area contributed by atoms with Crippen LogP contribution in [0.1, 0.15) is 12.1 Å². The van der Waals surface area contributed by atoms with E-state index in [-0.39, 0.29) is 19.4 Å². The number of nitrogens with zero attached hydrogens (tertiary/aromatic N) is 3. The van der Waals surface area contributed by atoms with Crippen molar-refractivity contribution in [3.05, 3.63) is 11.9 Å². The molecular weight excluding hydrogens is 190 g/mol. The van der Waals surface area contributed by atoms with Crippen LogP contribution < -0.4 is 0 Å². The first-order valence-electron chi connectivity index (χ1n) is 3.90. The number of aliphatic carboxylic acids is 2. The normalized spacial score (nSPS) is 10.0. The molecule has 7 heteroatoms. The summed E-state index contributed by atoms with van der Waals surface area (Å²) >= 11 is 0. The summed E-state index contributed by atoms with van der Waals surface area (Å²) < 4.78 is 1.28. The van der Waals surface area contributed by atoms with E-state index in [1.807, 2.05) is 0 Å². The number of carboxylic acid groups (broad SMARTS) is 2. The van der Waals surface area contributed by atoms with E-state index in [0.717, 1.165) is 0 Å². The Labute approximate surface area is 79.0 Å². The SMILES string of the molecule is O=C(O)CCn1nncc1CC(=O)O. The van der Waals surface area contributed by atoms with E-state index >= 15 is 0 Å². The molecule has 0 atom stereocenters. The van der Waals surface area contributed by atoms with Gasteiger partial charge in [-0.15, -0.1) is 5.10 Å². The third-order valence-corrected chi connectivity index (χ3v) is 1.57. The molecule has 0 saturated carbocycles. The Morgan fingerprint density at radius 1 is 1.36 bits per heavy atom. The second-order valence-corrected chi connectivity index (χ2v) is 2.66. The molecule has 1 rings (SSSR count). The van der Waals surface area contributed by atoms with E-state index in [9.17, 15) is 9.59 Å². The molecule has 2 N–H and O–H groups in total. The Morgan fingerprint density at radius 3 is 2.64 bits per heavy atom. The average molecular weight is 199 g/mol. The van der Waals surface area contributed by atoms with Crippen molar-refractivity contribution in [2.24, 2.45) is 0 Å². The first kappa shape index (κ1) is 10.2. The topological polar surface area (TPSA) is 105 Å². The van der Waals surface area contributed by atoms with Crippen molar-refractivity contribution in [1.82, 2.24) is 15.0 Å². The van der Waals surface area contributed by atoms with Crippen molar-refractivity contribution in [3.63, 3.8) is 0 Å². The maximum atomic E-state index is 10.4. The minimum Gasteiger partial charge on any atom is -0.481 e. The molecule has 7 nitrogen and oxygen atoms in total. The molecule has 76 valence electrons. The zero-order valence-electron chi connectivity index (χ0n) is 7.25. The van der Waals surface area contributed by atoms with Crippen molar-refractivity contribution in [3.8, 4) is 0 Å². The number of carbonyl (C=O) groups is 2. The van der Waals surface area contributed by atoms with Crippen LogP contribution in [0.15, 0.2) is 6.20 Å². The maximum Gasteiger partial charge on any atom is 0.309 e. The second-order valence-electron chi connectivity index (χ2n) is 2.66. The Balaban J connectivity index is 2.62. The number of hydrogen-bond acceptors (Lipinski definition) is 4. The quantitative estimate of drug-likeness (QED) is 0.654. The Morgan fingerprint density at radius 2 is 2.07 bits per heavy atom. The molecule has 1 heterocycles. The zero-order valence-corrected chi connectivity index (χ0v) is 7.25. The van der Waals surface area contributed by atoms with Gasteiger partial charge in [-0.3, -0.25) is 9.59 Å². The van der Waals surface area contributed by atoms with Crippen LogP contribution in [0.3, 0.4) is 0 Å². The van der Waals surface area contributed by atoms with Gasteiger partial charge in [0.05, 0.1) is 31.3 Å². The van der Waals surface area contributed by atoms with Gasteiger partial charge in [-0.1, -0.05) is 5.21 Å². The molecule has 0 radical (unpaired) electrons. The van der Waals surface area contributed by atoms with Crippen LogP contribution in [0.2, 0.25) is 0 Å². The van der Waals surface area contributed by atoms with E-state index in [0.29, 0.717) is 5.69 Å². The number of hydrogen-bond donors (Lipinski definition) is 2. The van der Waals surface area contributed by atoms with Crippen LogP contribution in [-0.4, -0.2) is 37.1 Å². The van der Waals surface area contributed by atoms with Crippen molar-refractivity contribution in [2.45, 2.75) is 19.4 Å². The minimum atomic E-state index is -0.996. The summed E-state index contributed by atoms with van der Waals surface area (Å²) in [6.07, 6.45) is 1.01. The van der Waals surface area contributed by atoms with Crippen LogP contribution in [0.25, 0.3) is 0 Å². The van der Waals surface area contributed by atoms with Crippen molar-refractivity contribution in [2.75, 3.05) is 0 Å². The molecule has 0 unspecified atom stereocenters. The molecule has 0 aliphatic rings. The van der Waals surface area contributed by atoms with Gasteiger partial charge >= 0.3 is 11.9 Å². The van der Waals surface area contributed by atoms with Gasteiger partial charge in [-0.25, -0.2) is 4.68 Å². The molecule has 0 aromatic carbocycles. The van der Waals surface area contributed by atoms with Crippen LogP contribution in [0.5, 0.6) is 0 Å². The lowest BCUT2D eigenvalue weighted by Gasteiger charge is -2.01. The summed E-state index contributed by atoms with van der Waals surface area (Å²) in [7, 11) is 0. The highest BCUT2D eigenvalue weighted by atomic mass is 16.4. The molecule has 0 bridgehead atoms. The molecule has 0 saturated heterocycles. The van der Waals surface area contributed by atoms with E-state index in [4.69, 9.17) is 10.2 Å². The smallest absolute Gasteiger partial charge is 0.309 e. The molecule has 0 spiro atoms. The highest BCUT2D eigenvalue weighted by Crippen LogP contribution is 1.99. The second kappa shape index (κ2) is 4.35. The molecule has 0 amide bonds. The van der Waals surface area contributed by atoms with Gasteiger partial charge in [0.15, 0.2) is 0 Å². The Hall–Kier alpha value is -1.92. The number of rotatable bonds is 5. The standard InChI is InChI=1S/C7H9N3O4/c11-6(12)1-2-10-5(3-7(13)14)4-8-9-10/h4H,1-3H2,(H,11,12)(H,13,14). The lowest BCUT2D eigenvalue weighted by atomic mass is 10.3. The number of aromatic nitrogens is 3. The van der Waals surface area contributed by atoms with Crippen LogP contribution in [-0.2, 0) is 22.6 Å². The molecular formula is C7H9N3O4. The third kappa shape index (κ3) is 2.85. The predicted molar refractivity (Wildman–Crippen MR) is 43.6 cm³/mol. The fraction of sp³-hybridized carbons (Fsp3) is 0.429. The van der Waals surface area contributed by atoms with E-state index in [1.165, 1.54) is 10.9 Å². The summed E-state index contributed by atoms with van der Waals surface area (Å²) in [6, 6.07) is 0. The monoisotopic (exact) mass is 199 g/mol. The van der Waals surface area contributed by atoms with Crippen molar-refractivity contribution < 1.29 is 19.8 Å². The maximum absolute atomic E-state index is 10.4. The predicted octanol–water partition coefficient (Wildman–Crippen LogP) is -0.620. The average Bonchev–Trinajstić information content (AvgIpc) is 2.47.